The molecule has 0 bridgehead atoms. The molecule has 1 amide bonds. The Kier molecular flexibility index (Phi) is 6.34. The largest absolute Gasteiger partial charge is 0.497 e. The second-order valence-electron chi connectivity index (χ2n) is 8.10. The first-order chi connectivity index (χ1) is 17.1. The summed E-state index contributed by atoms with van der Waals surface area (Å²) in [5.41, 5.74) is 2.30. The summed E-state index contributed by atoms with van der Waals surface area (Å²) >= 11 is 0. The molecule has 0 aliphatic carbocycles. The second kappa shape index (κ2) is 9.88. The number of ether oxygens (including phenoxy) is 1. The number of anilines is 1. The van der Waals surface area contributed by atoms with Crippen molar-refractivity contribution in [2.45, 2.75) is 6.42 Å². The van der Waals surface area contributed by atoms with Crippen molar-refractivity contribution >= 4 is 11.9 Å². The van der Waals surface area contributed by atoms with Gasteiger partial charge in [-0.3, -0.25) is 4.79 Å². The molecule has 0 radical (unpaired) electrons. The van der Waals surface area contributed by atoms with Gasteiger partial charge in [0.15, 0.2) is 0 Å². The number of piperazine rings is 1. The SMILES string of the molecule is COc1cccc(-c2cn(-c3ccc(F)cc3)c(CC(=O)N3CCN(c4ncncn4)CC3)n2)c1. The Hall–Kier alpha value is -4.34. The maximum absolute atomic E-state index is 13.5. The van der Waals surface area contributed by atoms with E-state index < -0.39 is 0 Å². The first-order valence-corrected chi connectivity index (χ1v) is 11.2. The number of imidazole rings is 1. The van der Waals surface area contributed by atoms with Gasteiger partial charge in [-0.1, -0.05) is 12.1 Å². The molecular formula is C25H24FN7O2. The van der Waals surface area contributed by atoms with Gasteiger partial charge in [-0.15, -0.1) is 0 Å². The lowest BCUT2D eigenvalue weighted by Gasteiger charge is -2.34. The summed E-state index contributed by atoms with van der Waals surface area (Å²) in [6, 6.07) is 13.7. The maximum Gasteiger partial charge on any atom is 0.230 e. The van der Waals surface area contributed by atoms with Crippen LogP contribution in [0, 0.1) is 5.82 Å². The average Bonchev–Trinajstić information content (AvgIpc) is 3.33. The van der Waals surface area contributed by atoms with Gasteiger partial charge in [0.2, 0.25) is 11.9 Å². The molecule has 5 rings (SSSR count). The molecule has 0 spiro atoms. The topological polar surface area (TPSA) is 89.3 Å². The molecule has 0 saturated carbocycles. The van der Waals surface area contributed by atoms with Crippen molar-refractivity contribution in [2.24, 2.45) is 0 Å². The normalized spacial score (nSPS) is 13.7. The molecule has 2 aromatic carbocycles. The molecule has 0 N–H and O–H groups in total. The highest BCUT2D eigenvalue weighted by Gasteiger charge is 2.24. The first-order valence-electron chi connectivity index (χ1n) is 11.2. The number of halogens is 1. The summed E-state index contributed by atoms with van der Waals surface area (Å²) in [6.45, 7) is 2.39. The van der Waals surface area contributed by atoms with E-state index in [9.17, 15) is 9.18 Å². The predicted molar refractivity (Wildman–Crippen MR) is 128 cm³/mol. The minimum absolute atomic E-state index is 0.0218. The summed E-state index contributed by atoms with van der Waals surface area (Å²) in [7, 11) is 1.61. The number of methoxy groups -OCH3 is 1. The fourth-order valence-electron chi connectivity index (χ4n) is 4.09. The van der Waals surface area contributed by atoms with Crippen LogP contribution in [0.25, 0.3) is 16.9 Å². The number of nitrogens with zero attached hydrogens (tertiary/aromatic N) is 7. The average molecular weight is 474 g/mol. The zero-order chi connectivity index (χ0) is 24.2. The molecule has 178 valence electrons. The van der Waals surface area contributed by atoms with Crippen molar-refractivity contribution in [1.82, 2.24) is 29.4 Å². The van der Waals surface area contributed by atoms with Gasteiger partial charge in [-0.25, -0.2) is 24.3 Å². The lowest BCUT2D eigenvalue weighted by molar-refractivity contribution is -0.130. The zero-order valence-corrected chi connectivity index (χ0v) is 19.2. The van der Waals surface area contributed by atoms with Gasteiger partial charge in [0.05, 0.1) is 19.2 Å². The van der Waals surface area contributed by atoms with Crippen LogP contribution in [-0.2, 0) is 11.2 Å². The highest BCUT2D eigenvalue weighted by Crippen LogP contribution is 2.26. The van der Waals surface area contributed by atoms with Crippen molar-refractivity contribution < 1.29 is 13.9 Å². The smallest absolute Gasteiger partial charge is 0.230 e. The Morgan fingerprint density at radius 1 is 1.03 bits per heavy atom. The molecule has 1 fully saturated rings. The summed E-state index contributed by atoms with van der Waals surface area (Å²) < 4.78 is 20.7. The van der Waals surface area contributed by atoms with E-state index in [2.05, 4.69) is 15.0 Å². The molecule has 0 unspecified atom stereocenters. The number of hydrogen-bond acceptors (Lipinski definition) is 7. The predicted octanol–water partition coefficient (Wildman–Crippen LogP) is 2.76. The monoisotopic (exact) mass is 473 g/mol. The van der Waals surface area contributed by atoms with Crippen LogP contribution < -0.4 is 9.64 Å². The maximum atomic E-state index is 13.5. The number of rotatable bonds is 6. The van der Waals surface area contributed by atoms with E-state index >= 15 is 0 Å². The number of benzene rings is 2. The van der Waals surface area contributed by atoms with Crippen molar-refractivity contribution in [1.29, 1.82) is 0 Å². The fourth-order valence-corrected chi connectivity index (χ4v) is 4.09. The van der Waals surface area contributed by atoms with Crippen molar-refractivity contribution in [2.75, 3.05) is 38.2 Å². The molecule has 10 heteroatoms. The van der Waals surface area contributed by atoms with Crippen LogP contribution in [0.2, 0.25) is 0 Å². The van der Waals surface area contributed by atoms with Crippen LogP contribution in [0.5, 0.6) is 5.75 Å². The quantitative estimate of drug-likeness (QED) is 0.425. The van der Waals surface area contributed by atoms with Gasteiger partial charge in [0.25, 0.3) is 0 Å². The number of aromatic nitrogens is 5. The summed E-state index contributed by atoms with van der Waals surface area (Å²) in [6.07, 6.45) is 4.92. The van der Waals surface area contributed by atoms with E-state index in [1.165, 1.54) is 24.8 Å². The molecule has 1 aliphatic rings. The Bertz CT molecular complexity index is 1300. The molecule has 3 heterocycles. The third-order valence-electron chi connectivity index (χ3n) is 5.95. The van der Waals surface area contributed by atoms with Crippen molar-refractivity contribution in [3.63, 3.8) is 0 Å². The van der Waals surface area contributed by atoms with E-state index in [1.54, 1.807) is 19.2 Å². The lowest BCUT2D eigenvalue weighted by Crippen LogP contribution is -2.49. The van der Waals surface area contributed by atoms with Crippen LogP contribution in [0.3, 0.4) is 0 Å². The van der Waals surface area contributed by atoms with Crippen LogP contribution in [0.15, 0.2) is 67.4 Å². The van der Waals surface area contributed by atoms with Gasteiger partial charge < -0.3 is 19.1 Å². The highest BCUT2D eigenvalue weighted by atomic mass is 19.1. The summed E-state index contributed by atoms with van der Waals surface area (Å²) in [4.78, 5) is 34.1. The molecule has 35 heavy (non-hydrogen) atoms. The third-order valence-corrected chi connectivity index (χ3v) is 5.95. The molecule has 1 aliphatic heterocycles. The zero-order valence-electron chi connectivity index (χ0n) is 19.2. The minimum Gasteiger partial charge on any atom is -0.497 e. The number of carbonyl (C=O) groups excluding carboxylic acids is 1. The van der Waals surface area contributed by atoms with Gasteiger partial charge in [-0.2, -0.15) is 0 Å². The molecule has 9 nitrogen and oxygen atoms in total. The van der Waals surface area contributed by atoms with Crippen LogP contribution in [0.1, 0.15) is 5.82 Å². The summed E-state index contributed by atoms with van der Waals surface area (Å²) in [5.74, 6) is 1.57. The molecule has 1 saturated heterocycles. The van der Waals surface area contributed by atoms with Gasteiger partial charge in [0.1, 0.15) is 30.0 Å². The Morgan fingerprint density at radius 2 is 1.77 bits per heavy atom. The molecular weight excluding hydrogens is 449 g/mol. The van der Waals surface area contributed by atoms with Gasteiger partial charge in [0, 0.05) is 43.6 Å². The molecule has 2 aromatic heterocycles. The van der Waals surface area contributed by atoms with E-state index in [0.29, 0.717) is 49.4 Å². The molecule has 4 aromatic rings. The lowest BCUT2D eigenvalue weighted by atomic mass is 10.1. The van der Waals surface area contributed by atoms with E-state index in [4.69, 9.17) is 9.72 Å². The van der Waals surface area contributed by atoms with E-state index in [0.717, 1.165) is 11.3 Å². The Morgan fingerprint density at radius 3 is 2.49 bits per heavy atom. The second-order valence-corrected chi connectivity index (χ2v) is 8.10. The van der Waals surface area contributed by atoms with Crippen LogP contribution in [0.4, 0.5) is 10.3 Å². The Labute approximate surface area is 201 Å². The number of carbonyl (C=O) groups is 1. The van der Waals surface area contributed by atoms with Gasteiger partial charge >= 0.3 is 0 Å². The fraction of sp³-hybridized carbons (Fsp3) is 0.240. The Balaban J connectivity index is 1.37. The minimum atomic E-state index is -0.324. The third kappa shape index (κ3) is 4.96. The molecule has 0 atom stereocenters. The number of amides is 1. The van der Waals surface area contributed by atoms with E-state index in [1.807, 2.05) is 44.8 Å². The standard InChI is InChI=1S/C25H24FN7O2/c1-35-21-4-2-3-18(13-21)22-15-33(20-7-5-19(26)6-8-20)23(30-22)14-24(34)31-9-11-32(12-10-31)25-28-16-27-17-29-25/h2-8,13,15-17H,9-12,14H2,1H3. The summed E-state index contributed by atoms with van der Waals surface area (Å²) in [5, 5.41) is 0. The van der Waals surface area contributed by atoms with E-state index in [-0.39, 0.29) is 18.1 Å². The highest BCUT2D eigenvalue weighted by molar-refractivity contribution is 5.79. The number of hydrogen-bond donors (Lipinski definition) is 0. The van der Waals surface area contributed by atoms with Crippen LogP contribution >= 0.6 is 0 Å². The van der Waals surface area contributed by atoms with Crippen LogP contribution in [-0.4, -0.2) is 68.6 Å². The van der Waals surface area contributed by atoms with Crippen molar-refractivity contribution in [3.8, 4) is 22.7 Å². The van der Waals surface area contributed by atoms with Crippen molar-refractivity contribution in [3.05, 3.63) is 79.0 Å². The van der Waals surface area contributed by atoms with Gasteiger partial charge in [-0.05, 0) is 36.4 Å². The first kappa shape index (κ1) is 22.5.